The van der Waals surface area contributed by atoms with Gasteiger partial charge < -0.3 is 10.2 Å². The number of rotatable bonds is 2. The average molecular weight is 403 g/mol. The fourth-order valence-electron chi connectivity index (χ4n) is 4.67. The lowest BCUT2D eigenvalue weighted by Crippen LogP contribution is -2.42. The summed E-state index contributed by atoms with van der Waals surface area (Å²) in [5.41, 5.74) is 6.36. The minimum absolute atomic E-state index is 0.000924. The van der Waals surface area contributed by atoms with Crippen LogP contribution in [0.3, 0.4) is 0 Å². The Kier molecular flexibility index (Phi) is 4.88. The maximum absolute atomic E-state index is 13.3. The van der Waals surface area contributed by atoms with E-state index in [2.05, 4.69) is 36.5 Å². The van der Waals surface area contributed by atoms with Gasteiger partial charge in [-0.05, 0) is 67.9 Å². The molecule has 0 saturated heterocycles. The molecule has 1 aliphatic heterocycles. The van der Waals surface area contributed by atoms with E-state index in [1.165, 1.54) is 47.3 Å². The van der Waals surface area contributed by atoms with E-state index in [9.17, 15) is 4.79 Å². The Labute approximate surface area is 176 Å². The van der Waals surface area contributed by atoms with Crippen LogP contribution in [0.5, 0.6) is 0 Å². The highest BCUT2D eigenvalue weighted by Crippen LogP contribution is 2.45. The van der Waals surface area contributed by atoms with E-state index in [1.54, 1.807) is 10.4 Å². The fourth-order valence-corrected chi connectivity index (χ4v) is 6.25. The monoisotopic (exact) mass is 402 g/mol. The molecule has 2 amide bonds. The molecular formula is C25H26N2OS. The highest BCUT2D eigenvalue weighted by atomic mass is 32.1. The molecule has 1 aromatic heterocycles. The SMILES string of the molecule is Cc1ccc(NC(=O)N2CCc3c(sc4c3CCCC4)[C@@H]2c2ccccc2)cc1. The zero-order valence-corrected chi connectivity index (χ0v) is 17.6. The number of hydrogen-bond acceptors (Lipinski definition) is 2. The summed E-state index contributed by atoms with van der Waals surface area (Å²) in [5.74, 6) is 0. The quantitative estimate of drug-likeness (QED) is 0.551. The molecule has 2 aromatic carbocycles. The third kappa shape index (κ3) is 3.46. The van der Waals surface area contributed by atoms with Crippen LogP contribution >= 0.6 is 11.3 Å². The van der Waals surface area contributed by atoms with Crippen LogP contribution in [0.1, 0.15) is 50.9 Å². The number of hydrogen-bond donors (Lipinski definition) is 1. The van der Waals surface area contributed by atoms with E-state index in [-0.39, 0.29) is 12.1 Å². The largest absolute Gasteiger partial charge is 0.322 e. The number of nitrogens with one attached hydrogen (secondary N) is 1. The lowest BCUT2D eigenvalue weighted by atomic mass is 9.88. The van der Waals surface area contributed by atoms with E-state index in [0.29, 0.717) is 0 Å². The molecule has 29 heavy (non-hydrogen) atoms. The molecule has 0 bridgehead atoms. The number of carbonyl (C=O) groups is 1. The molecule has 0 unspecified atom stereocenters. The van der Waals surface area contributed by atoms with Crippen molar-refractivity contribution in [1.29, 1.82) is 0 Å². The number of anilines is 1. The van der Waals surface area contributed by atoms with Gasteiger partial charge in [-0.25, -0.2) is 4.79 Å². The highest BCUT2D eigenvalue weighted by molar-refractivity contribution is 7.12. The van der Waals surface area contributed by atoms with Gasteiger partial charge in [-0.3, -0.25) is 0 Å². The summed E-state index contributed by atoms with van der Waals surface area (Å²) in [7, 11) is 0. The van der Waals surface area contributed by atoms with Crippen LogP contribution in [0, 0.1) is 6.92 Å². The molecule has 0 radical (unpaired) electrons. The fraction of sp³-hybridized carbons (Fsp3) is 0.320. The normalized spacial score (nSPS) is 18.1. The Hall–Kier alpha value is -2.59. The van der Waals surface area contributed by atoms with E-state index in [1.807, 2.05) is 46.6 Å². The molecule has 0 fully saturated rings. The van der Waals surface area contributed by atoms with Crippen LogP contribution in [0.15, 0.2) is 54.6 Å². The van der Waals surface area contributed by atoms with Crippen molar-refractivity contribution in [3.05, 3.63) is 86.6 Å². The van der Waals surface area contributed by atoms with Crippen LogP contribution in [0.4, 0.5) is 10.5 Å². The Bertz CT molecular complexity index is 1020. The standard InChI is InChI=1S/C25H26N2OS/c1-17-11-13-19(14-12-17)26-25(28)27-16-15-21-20-9-5-6-10-22(20)29-24(21)23(27)18-7-3-2-4-8-18/h2-4,7-8,11-14,23H,5-6,9-10,15-16H2,1H3,(H,26,28)/t23-/m0/s1. The first-order valence-corrected chi connectivity index (χ1v) is 11.3. The van der Waals surface area contributed by atoms with Crippen molar-refractivity contribution in [2.24, 2.45) is 0 Å². The van der Waals surface area contributed by atoms with E-state index in [4.69, 9.17) is 0 Å². The van der Waals surface area contributed by atoms with Crippen molar-refractivity contribution in [3.8, 4) is 0 Å². The van der Waals surface area contributed by atoms with Gasteiger partial charge in [0.2, 0.25) is 0 Å². The predicted octanol–water partition coefficient (Wildman–Crippen LogP) is 6.11. The summed E-state index contributed by atoms with van der Waals surface area (Å²) in [6.07, 6.45) is 5.96. The average Bonchev–Trinajstić information content (AvgIpc) is 3.14. The Morgan fingerprint density at radius 3 is 2.52 bits per heavy atom. The first-order valence-electron chi connectivity index (χ1n) is 10.5. The zero-order valence-electron chi connectivity index (χ0n) is 16.8. The zero-order chi connectivity index (χ0) is 19.8. The molecule has 148 valence electrons. The molecular weight excluding hydrogens is 376 g/mol. The Morgan fingerprint density at radius 1 is 0.966 bits per heavy atom. The highest BCUT2D eigenvalue weighted by Gasteiger charge is 2.36. The molecule has 4 heteroatoms. The van der Waals surface area contributed by atoms with Crippen molar-refractivity contribution in [2.45, 2.75) is 45.1 Å². The predicted molar refractivity (Wildman–Crippen MR) is 120 cm³/mol. The van der Waals surface area contributed by atoms with Gasteiger partial charge in [0.25, 0.3) is 0 Å². The van der Waals surface area contributed by atoms with E-state index >= 15 is 0 Å². The van der Waals surface area contributed by atoms with Gasteiger partial charge >= 0.3 is 6.03 Å². The molecule has 1 aliphatic carbocycles. The maximum Gasteiger partial charge on any atom is 0.322 e. The van der Waals surface area contributed by atoms with Crippen molar-refractivity contribution in [1.82, 2.24) is 4.90 Å². The summed E-state index contributed by atoms with van der Waals surface area (Å²) in [6.45, 7) is 2.81. The first-order chi connectivity index (χ1) is 14.2. The molecule has 2 heterocycles. The lowest BCUT2D eigenvalue weighted by molar-refractivity contribution is 0.195. The Balaban J connectivity index is 1.52. The van der Waals surface area contributed by atoms with Gasteiger partial charge in [-0.15, -0.1) is 11.3 Å². The van der Waals surface area contributed by atoms with Crippen molar-refractivity contribution in [3.63, 3.8) is 0 Å². The molecule has 3 aromatic rings. The molecule has 1 N–H and O–H groups in total. The Morgan fingerprint density at radius 2 is 1.72 bits per heavy atom. The van der Waals surface area contributed by atoms with Gasteiger partial charge in [0.15, 0.2) is 0 Å². The number of fused-ring (bicyclic) bond motifs is 3. The second kappa shape index (κ2) is 7.68. The molecule has 0 spiro atoms. The molecule has 0 saturated carbocycles. The lowest BCUT2D eigenvalue weighted by Gasteiger charge is -2.36. The smallest absolute Gasteiger partial charge is 0.312 e. The van der Waals surface area contributed by atoms with Crippen molar-refractivity contribution in [2.75, 3.05) is 11.9 Å². The number of benzene rings is 2. The van der Waals surface area contributed by atoms with E-state index in [0.717, 1.165) is 18.7 Å². The van der Waals surface area contributed by atoms with Crippen molar-refractivity contribution < 1.29 is 4.79 Å². The summed E-state index contributed by atoms with van der Waals surface area (Å²) in [6, 6.07) is 18.5. The number of thiophene rings is 1. The third-order valence-electron chi connectivity index (χ3n) is 6.15. The summed E-state index contributed by atoms with van der Waals surface area (Å²) in [4.78, 5) is 18.3. The van der Waals surface area contributed by atoms with E-state index < -0.39 is 0 Å². The molecule has 2 aliphatic rings. The van der Waals surface area contributed by atoms with Crippen LogP contribution in [-0.4, -0.2) is 17.5 Å². The second-order valence-electron chi connectivity index (χ2n) is 8.11. The number of carbonyl (C=O) groups excluding carboxylic acids is 1. The van der Waals surface area contributed by atoms with Gasteiger partial charge in [0, 0.05) is 22.0 Å². The van der Waals surface area contributed by atoms with Crippen LogP contribution in [0.2, 0.25) is 0 Å². The van der Waals surface area contributed by atoms with Crippen LogP contribution in [0.25, 0.3) is 0 Å². The molecule has 5 rings (SSSR count). The minimum atomic E-state index is -0.0141. The topological polar surface area (TPSA) is 32.3 Å². The molecule has 3 nitrogen and oxygen atoms in total. The third-order valence-corrected chi connectivity index (χ3v) is 7.54. The van der Waals surface area contributed by atoms with Gasteiger partial charge in [-0.2, -0.15) is 0 Å². The number of amides is 2. The number of urea groups is 1. The summed E-state index contributed by atoms with van der Waals surface area (Å²) in [5, 5.41) is 3.12. The van der Waals surface area contributed by atoms with Crippen molar-refractivity contribution >= 4 is 23.1 Å². The first kappa shape index (κ1) is 18.4. The maximum atomic E-state index is 13.3. The summed E-state index contributed by atoms with van der Waals surface area (Å²) >= 11 is 1.95. The minimum Gasteiger partial charge on any atom is -0.312 e. The summed E-state index contributed by atoms with van der Waals surface area (Å²) < 4.78 is 0. The number of nitrogens with zero attached hydrogens (tertiary/aromatic N) is 1. The van der Waals surface area contributed by atoms with Crippen LogP contribution < -0.4 is 5.32 Å². The molecule has 1 atom stereocenters. The number of aryl methyl sites for hydroxylation is 2. The van der Waals surface area contributed by atoms with Gasteiger partial charge in [0.1, 0.15) is 0 Å². The van der Waals surface area contributed by atoms with Gasteiger partial charge in [0.05, 0.1) is 6.04 Å². The van der Waals surface area contributed by atoms with Gasteiger partial charge in [-0.1, -0.05) is 48.0 Å². The van der Waals surface area contributed by atoms with Crippen LogP contribution in [-0.2, 0) is 19.3 Å². The second-order valence-corrected chi connectivity index (χ2v) is 9.24.